The van der Waals surface area contributed by atoms with Gasteiger partial charge in [0.1, 0.15) is 0 Å². The Morgan fingerprint density at radius 3 is 2.21 bits per heavy atom. The normalized spacial score (nSPS) is 20.1. The van der Waals surface area contributed by atoms with Gasteiger partial charge in [-0.1, -0.05) is 13.8 Å². The van der Waals surface area contributed by atoms with Crippen LogP contribution >= 0.6 is 0 Å². The smallest absolute Gasteiger partial charge is 0.381 e. The van der Waals surface area contributed by atoms with Crippen LogP contribution in [0.3, 0.4) is 0 Å². The fourth-order valence-electron chi connectivity index (χ4n) is 1.41. The Balaban J connectivity index is 2.19. The van der Waals surface area contributed by atoms with Gasteiger partial charge < -0.3 is 4.74 Å². The van der Waals surface area contributed by atoms with Crippen LogP contribution < -0.4 is 0 Å². The molecule has 1 rings (SSSR count). The van der Waals surface area contributed by atoms with E-state index in [1.54, 1.807) is 0 Å². The molecule has 0 saturated heterocycles. The van der Waals surface area contributed by atoms with Crippen LogP contribution in [-0.2, 0) is 4.74 Å². The molecule has 1 saturated carbocycles. The third-order valence-corrected chi connectivity index (χ3v) is 2.63. The van der Waals surface area contributed by atoms with Gasteiger partial charge >= 0.3 is 6.18 Å². The largest absolute Gasteiger partial charge is 0.394 e. The van der Waals surface area contributed by atoms with Gasteiger partial charge in [0.15, 0.2) is 0 Å². The van der Waals surface area contributed by atoms with Gasteiger partial charge in [-0.05, 0) is 25.2 Å². The summed E-state index contributed by atoms with van der Waals surface area (Å²) < 4.78 is 42.4. The molecule has 0 radical (unpaired) electrons. The lowest BCUT2D eigenvalue weighted by molar-refractivity contribution is -0.192. The highest BCUT2D eigenvalue weighted by Crippen LogP contribution is 2.59. The summed E-state index contributed by atoms with van der Waals surface area (Å²) in [6, 6.07) is 0. The van der Waals surface area contributed by atoms with Crippen molar-refractivity contribution in [3.63, 3.8) is 0 Å². The summed E-state index contributed by atoms with van der Waals surface area (Å²) in [5.41, 5.74) is -1.40. The van der Waals surface area contributed by atoms with Gasteiger partial charge in [-0.2, -0.15) is 13.2 Å². The van der Waals surface area contributed by atoms with E-state index in [0.717, 1.165) is 0 Å². The predicted molar refractivity (Wildman–Crippen MR) is 48.0 cm³/mol. The van der Waals surface area contributed by atoms with Gasteiger partial charge in [-0.25, -0.2) is 0 Å². The zero-order valence-electron chi connectivity index (χ0n) is 8.66. The van der Waals surface area contributed by atoms with Crippen molar-refractivity contribution in [2.24, 2.45) is 11.3 Å². The van der Waals surface area contributed by atoms with Crippen LogP contribution in [0.5, 0.6) is 0 Å². The standard InChI is InChI=1S/C10H17F3O/c1-8(2)7-14-6-5-9(3-4-9)10(11,12)13/h8H,3-7H2,1-2H3. The maximum absolute atomic E-state index is 12.4. The summed E-state index contributed by atoms with van der Waals surface area (Å²) in [7, 11) is 0. The van der Waals surface area contributed by atoms with E-state index in [4.69, 9.17) is 4.74 Å². The lowest BCUT2D eigenvalue weighted by Crippen LogP contribution is -2.26. The first kappa shape index (κ1) is 11.8. The van der Waals surface area contributed by atoms with Crippen LogP contribution in [-0.4, -0.2) is 19.4 Å². The second kappa shape index (κ2) is 4.09. The van der Waals surface area contributed by atoms with E-state index in [-0.39, 0.29) is 25.9 Å². The Kier molecular flexibility index (Phi) is 3.45. The quantitative estimate of drug-likeness (QED) is 0.632. The van der Waals surface area contributed by atoms with Crippen LogP contribution in [0, 0.1) is 11.3 Å². The van der Waals surface area contributed by atoms with Crippen molar-refractivity contribution in [2.75, 3.05) is 13.2 Å². The average molecular weight is 210 g/mol. The fraction of sp³-hybridized carbons (Fsp3) is 1.00. The third-order valence-electron chi connectivity index (χ3n) is 2.63. The minimum absolute atomic E-state index is 0.128. The number of ether oxygens (including phenoxy) is 1. The molecule has 0 aromatic rings. The molecule has 0 spiro atoms. The molecule has 0 heterocycles. The van der Waals surface area contributed by atoms with Crippen molar-refractivity contribution >= 4 is 0 Å². The molecule has 0 unspecified atom stereocenters. The highest BCUT2D eigenvalue weighted by Gasteiger charge is 2.62. The van der Waals surface area contributed by atoms with Crippen molar-refractivity contribution in [1.82, 2.24) is 0 Å². The Morgan fingerprint density at radius 2 is 1.86 bits per heavy atom. The fourth-order valence-corrected chi connectivity index (χ4v) is 1.41. The highest BCUT2D eigenvalue weighted by atomic mass is 19.4. The van der Waals surface area contributed by atoms with E-state index in [1.165, 1.54) is 0 Å². The summed E-state index contributed by atoms with van der Waals surface area (Å²) in [5, 5.41) is 0. The van der Waals surface area contributed by atoms with E-state index in [1.807, 2.05) is 13.8 Å². The maximum Gasteiger partial charge on any atom is 0.394 e. The van der Waals surface area contributed by atoms with Crippen LogP contribution in [0.2, 0.25) is 0 Å². The van der Waals surface area contributed by atoms with Gasteiger partial charge in [-0.15, -0.1) is 0 Å². The number of alkyl halides is 3. The molecular formula is C10H17F3O. The minimum Gasteiger partial charge on any atom is -0.381 e. The SMILES string of the molecule is CC(C)COCCC1(C(F)(F)F)CC1. The molecule has 1 aliphatic carbocycles. The van der Waals surface area contributed by atoms with Gasteiger partial charge in [0.25, 0.3) is 0 Å². The average Bonchev–Trinajstić information content (AvgIpc) is 2.77. The van der Waals surface area contributed by atoms with Gasteiger partial charge in [0.2, 0.25) is 0 Å². The van der Waals surface area contributed by atoms with E-state index in [0.29, 0.717) is 12.5 Å². The van der Waals surface area contributed by atoms with E-state index >= 15 is 0 Å². The van der Waals surface area contributed by atoms with Crippen LogP contribution in [0.15, 0.2) is 0 Å². The minimum atomic E-state index is -4.03. The summed E-state index contributed by atoms with van der Waals surface area (Å²) in [5.74, 6) is 0.385. The van der Waals surface area contributed by atoms with E-state index < -0.39 is 11.6 Å². The first-order valence-corrected chi connectivity index (χ1v) is 5.02. The van der Waals surface area contributed by atoms with Crippen LogP contribution in [0.4, 0.5) is 13.2 Å². The molecule has 0 aliphatic heterocycles. The Morgan fingerprint density at radius 1 is 1.29 bits per heavy atom. The molecule has 0 bridgehead atoms. The lowest BCUT2D eigenvalue weighted by atomic mass is 10.0. The maximum atomic E-state index is 12.4. The molecular weight excluding hydrogens is 193 g/mol. The van der Waals surface area contributed by atoms with Crippen LogP contribution in [0.25, 0.3) is 0 Å². The van der Waals surface area contributed by atoms with Gasteiger partial charge in [-0.3, -0.25) is 0 Å². The highest BCUT2D eigenvalue weighted by molar-refractivity contribution is 4.98. The number of halogens is 3. The summed E-state index contributed by atoms with van der Waals surface area (Å²) in [6.45, 7) is 4.75. The Labute approximate surface area is 82.6 Å². The lowest BCUT2D eigenvalue weighted by Gasteiger charge is -2.19. The van der Waals surface area contributed by atoms with Gasteiger partial charge in [0.05, 0.1) is 5.41 Å². The summed E-state index contributed by atoms with van der Waals surface area (Å²) in [6.07, 6.45) is -3.35. The number of rotatable bonds is 5. The Bertz CT molecular complexity index is 182. The monoisotopic (exact) mass is 210 g/mol. The van der Waals surface area contributed by atoms with E-state index in [2.05, 4.69) is 0 Å². The summed E-state index contributed by atoms with van der Waals surface area (Å²) in [4.78, 5) is 0. The molecule has 0 amide bonds. The second-order valence-electron chi connectivity index (χ2n) is 4.50. The molecule has 0 N–H and O–H groups in total. The van der Waals surface area contributed by atoms with E-state index in [9.17, 15) is 13.2 Å². The molecule has 1 fully saturated rings. The molecule has 84 valence electrons. The second-order valence-corrected chi connectivity index (χ2v) is 4.50. The molecule has 1 nitrogen and oxygen atoms in total. The first-order chi connectivity index (χ1) is 6.37. The molecule has 0 aromatic heterocycles. The Hall–Kier alpha value is -0.250. The van der Waals surface area contributed by atoms with Crippen molar-refractivity contribution in [3.8, 4) is 0 Å². The number of hydrogen-bond acceptors (Lipinski definition) is 1. The predicted octanol–water partition coefficient (Wildman–Crippen LogP) is 3.39. The molecule has 0 aromatic carbocycles. The van der Waals surface area contributed by atoms with Crippen molar-refractivity contribution < 1.29 is 17.9 Å². The first-order valence-electron chi connectivity index (χ1n) is 5.02. The zero-order chi connectivity index (χ0) is 10.8. The third kappa shape index (κ3) is 2.87. The van der Waals surface area contributed by atoms with Crippen molar-refractivity contribution in [1.29, 1.82) is 0 Å². The summed E-state index contributed by atoms with van der Waals surface area (Å²) >= 11 is 0. The molecule has 14 heavy (non-hydrogen) atoms. The number of hydrogen-bond donors (Lipinski definition) is 0. The molecule has 1 aliphatic rings. The van der Waals surface area contributed by atoms with Crippen molar-refractivity contribution in [2.45, 2.75) is 39.3 Å². The molecule has 4 heteroatoms. The van der Waals surface area contributed by atoms with Gasteiger partial charge in [0, 0.05) is 13.2 Å². The zero-order valence-corrected chi connectivity index (χ0v) is 8.66. The van der Waals surface area contributed by atoms with Crippen molar-refractivity contribution in [3.05, 3.63) is 0 Å². The van der Waals surface area contributed by atoms with Crippen LogP contribution in [0.1, 0.15) is 33.1 Å². The topological polar surface area (TPSA) is 9.23 Å². The molecule has 0 atom stereocenters.